The Kier molecular flexibility index (Phi) is 5.44. The number of nitrogens with zero attached hydrogens (tertiary/aromatic N) is 2. The molecule has 2 saturated heterocycles. The third-order valence-corrected chi connectivity index (χ3v) is 8.12. The van der Waals surface area contributed by atoms with Gasteiger partial charge in [-0.15, -0.1) is 11.3 Å². The molecule has 2 unspecified atom stereocenters. The molecule has 9 heteroatoms. The standard InChI is InChI=1S/C20H23N3O4S2/c1-13-2-4-14(5-3-13)8-17-10-21-20(28-17)22-19(25)15-9-18(24)23(11-15)16-6-7-29(26,27)12-16/h2-5,10,15-16H,6-9,11-12H2,1H3,(H,21,22,25). The minimum Gasteiger partial charge on any atom is -0.338 e. The summed E-state index contributed by atoms with van der Waals surface area (Å²) in [5.41, 5.74) is 2.39. The lowest BCUT2D eigenvalue weighted by Gasteiger charge is -2.22. The van der Waals surface area contributed by atoms with Crippen LogP contribution >= 0.6 is 11.3 Å². The molecule has 154 valence electrons. The van der Waals surface area contributed by atoms with Gasteiger partial charge in [0.2, 0.25) is 11.8 Å². The van der Waals surface area contributed by atoms with E-state index in [0.29, 0.717) is 11.6 Å². The average Bonchev–Trinajstić information content (AvgIpc) is 3.36. The predicted octanol–water partition coefficient (Wildman–Crippen LogP) is 2.02. The monoisotopic (exact) mass is 433 g/mol. The fourth-order valence-corrected chi connectivity index (χ4v) is 6.42. The summed E-state index contributed by atoms with van der Waals surface area (Å²) in [6, 6.07) is 7.99. The Morgan fingerprint density at radius 1 is 1.31 bits per heavy atom. The largest absolute Gasteiger partial charge is 0.338 e. The van der Waals surface area contributed by atoms with Crippen molar-refractivity contribution in [2.24, 2.45) is 5.92 Å². The second kappa shape index (κ2) is 7.87. The number of hydrogen-bond acceptors (Lipinski definition) is 6. The van der Waals surface area contributed by atoms with Crippen LogP contribution in [0.5, 0.6) is 0 Å². The maximum Gasteiger partial charge on any atom is 0.231 e. The van der Waals surface area contributed by atoms with E-state index in [-0.39, 0.29) is 42.3 Å². The summed E-state index contributed by atoms with van der Waals surface area (Å²) in [5, 5.41) is 3.34. The normalized spacial score (nSPS) is 23.5. The Balaban J connectivity index is 1.34. The molecule has 0 spiro atoms. The Hall–Kier alpha value is -2.26. The Morgan fingerprint density at radius 2 is 2.07 bits per heavy atom. The van der Waals surface area contributed by atoms with Crippen LogP contribution in [0.1, 0.15) is 28.8 Å². The first-order chi connectivity index (χ1) is 13.8. The average molecular weight is 434 g/mol. The molecule has 2 amide bonds. The van der Waals surface area contributed by atoms with E-state index in [4.69, 9.17) is 0 Å². The second-order valence-electron chi connectivity index (χ2n) is 7.79. The van der Waals surface area contributed by atoms with Gasteiger partial charge in [-0.25, -0.2) is 13.4 Å². The lowest BCUT2D eigenvalue weighted by molar-refractivity contribution is -0.129. The van der Waals surface area contributed by atoms with Gasteiger partial charge < -0.3 is 10.2 Å². The molecule has 0 radical (unpaired) electrons. The van der Waals surface area contributed by atoms with Gasteiger partial charge in [0.15, 0.2) is 15.0 Å². The smallest absolute Gasteiger partial charge is 0.231 e. The molecular weight excluding hydrogens is 410 g/mol. The van der Waals surface area contributed by atoms with Crippen LogP contribution in [0.2, 0.25) is 0 Å². The summed E-state index contributed by atoms with van der Waals surface area (Å²) < 4.78 is 23.4. The molecule has 1 N–H and O–H groups in total. The van der Waals surface area contributed by atoms with Crippen molar-refractivity contribution in [3.8, 4) is 0 Å². The molecule has 0 bridgehead atoms. The number of hydrogen-bond donors (Lipinski definition) is 1. The second-order valence-corrected chi connectivity index (χ2v) is 11.1. The van der Waals surface area contributed by atoms with Gasteiger partial charge in [-0.05, 0) is 18.9 Å². The topological polar surface area (TPSA) is 96.4 Å². The third kappa shape index (κ3) is 4.67. The van der Waals surface area contributed by atoms with Gasteiger partial charge in [-0.2, -0.15) is 0 Å². The van der Waals surface area contributed by atoms with E-state index < -0.39 is 15.8 Å². The van der Waals surface area contributed by atoms with Crippen LogP contribution in [-0.2, 0) is 25.8 Å². The first-order valence-electron chi connectivity index (χ1n) is 9.60. The summed E-state index contributed by atoms with van der Waals surface area (Å²) >= 11 is 1.42. The van der Waals surface area contributed by atoms with Crippen LogP contribution in [0.25, 0.3) is 0 Å². The molecule has 2 fully saturated rings. The van der Waals surface area contributed by atoms with E-state index in [0.717, 1.165) is 11.3 Å². The number of aromatic nitrogens is 1. The fourth-order valence-electron chi connectivity index (χ4n) is 3.84. The zero-order valence-electron chi connectivity index (χ0n) is 16.1. The van der Waals surface area contributed by atoms with Crippen molar-refractivity contribution in [1.29, 1.82) is 0 Å². The first-order valence-corrected chi connectivity index (χ1v) is 12.2. The van der Waals surface area contributed by atoms with E-state index in [1.165, 1.54) is 22.5 Å². The van der Waals surface area contributed by atoms with Crippen molar-refractivity contribution in [3.05, 3.63) is 46.5 Å². The van der Waals surface area contributed by atoms with Crippen LogP contribution in [0, 0.1) is 12.8 Å². The molecule has 29 heavy (non-hydrogen) atoms. The van der Waals surface area contributed by atoms with Gasteiger partial charge in [-0.1, -0.05) is 29.8 Å². The Labute approximate surface area is 174 Å². The molecule has 2 atom stereocenters. The number of rotatable bonds is 5. The van der Waals surface area contributed by atoms with E-state index in [2.05, 4.69) is 34.6 Å². The molecule has 7 nitrogen and oxygen atoms in total. The summed E-state index contributed by atoms with van der Waals surface area (Å²) in [7, 11) is -3.07. The van der Waals surface area contributed by atoms with E-state index in [1.54, 1.807) is 11.1 Å². The number of carbonyl (C=O) groups excluding carboxylic acids is 2. The zero-order chi connectivity index (χ0) is 20.6. The molecular formula is C20H23N3O4S2. The third-order valence-electron chi connectivity index (χ3n) is 5.46. The van der Waals surface area contributed by atoms with Crippen molar-refractivity contribution in [2.75, 3.05) is 23.4 Å². The number of carbonyl (C=O) groups is 2. The molecule has 1 aromatic heterocycles. The number of thiazole rings is 1. The van der Waals surface area contributed by atoms with Gasteiger partial charge in [0.25, 0.3) is 0 Å². The van der Waals surface area contributed by atoms with Crippen molar-refractivity contribution in [3.63, 3.8) is 0 Å². The van der Waals surface area contributed by atoms with Crippen LogP contribution in [-0.4, -0.2) is 54.2 Å². The molecule has 0 aliphatic carbocycles. The maximum atomic E-state index is 12.6. The number of aryl methyl sites for hydroxylation is 1. The number of likely N-dealkylation sites (tertiary alicyclic amines) is 1. The van der Waals surface area contributed by atoms with Crippen LogP contribution < -0.4 is 5.32 Å². The van der Waals surface area contributed by atoms with Crippen molar-refractivity contribution in [1.82, 2.24) is 9.88 Å². The van der Waals surface area contributed by atoms with Crippen molar-refractivity contribution in [2.45, 2.75) is 32.2 Å². The van der Waals surface area contributed by atoms with Crippen LogP contribution in [0.3, 0.4) is 0 Å². The molecule has 0 saturated carbocycles. The van der Waals surface area contributed by atoms with E-state index >= 15 is 0 Å². The predicted molar refractivity (Wildman–Crippen MR) is 112 cm³/mol. The highest BCUT2D eigenvalue weighted by Gasteiger charge is 2.42. The Bertz CT molecular complexity index is 1030. The van der Waals surface area contributed by atoms with Gasteiger partial charge in [0.05, 0.1) is 17.4 Å². The first kappa shape index (κ1) is 20.0. The summed E-state index contributed by atoms with van der Waals surface area (Å²) in [6.07, 6.45) is 3.08. The van der Waals surface area contributed by atoms with Crippen molar-refractivity contribution >= 4 is 38.1 Å². The summed E-state index contributed by atoms with van der Waals surface area (Å²) in [4.78, 5) is 31.8. The quantitative estimate of drug-likeness (QED) is 0.778. The van der Waals surface area contributed by atoms with E-state index in [9.17, 15) is 18.0 Å². The lowest BCUT2D eigenvalue weighted by Crippen LogP contribution is -2.38. The van der Waals surface area contributed by atoms with Gasteiger partial charge in [0, 0.05) is 36.5 Å². The lowest BCUT2D eigenvalue weighted by atomic mass is 10.1. The number of amides is 2. The number of sulfone groups is 1. The molecule has 3 heterocycles. The number of nitrogens with one attached hydrogen (secondary N) is 1. The Morgan fingerprint density at radius 3 is 2.76 bits per heavy atom. The molecule has 2 aromatic rings. The van der Waals surface area contributed by atoms with Gasteiger partial charge in [0.1, 0.15) is 0 Å². The highest BCUT2D eigenvalue weighted by atomic mass is 32.2. The summed E-state index contributed by atoms with van der Waals surface area (Å²) in [5.74, 6) is -0.747. The fraction of sp³-hybridized carbons (Fsp3) is 0.450. The minimum absolute atomic E-state index is 0.00191. The highest BCUT2D eigenvalue weighted by molar-refractivity contribution is 7.91. The molecule has 4 rings (SSSR count). The van der Waals surface area contributed by atoms with Gasteiger partial charge >= 0.3 is 0 Å². The zero-order valence-corrected chi connectivity index (χ0v) is 17.8. The molecule has 2 aliphatic heterocycles. The number of anilines is 1. The minimum atomic E-state index is -3.07. The van der Waals surface area contributed by atoms with Crippen LogP contribution in [0.4, 0.5) is 5.13 Å². The maximum absolute atomic E-state index is 12.6. The molecule has 1 aromatic carbocycles. The number of benzene rings is 1. The SMILES string of the molecule is Cc1ccc(Cc2cnc(NC(=O)C3CC(=O)N(C4CCS(=O)(=O)C4)C3)s2)cc1. The molecule has 2 aliphatic rings. The summed E-state index contributed by atoms with van der Waals surface area (Å²) in [6.45, 7) is 2.32. The van der Waals surface area contributed by atoms with E-state index in [1.807, 2.05) is 6.92 Å². The highest BCUT2D eigenvalue weighted by Crippen LogP contribution is 2.28. The van der Waals surface area contributed by atoms with Gasteiger partial charge in [-0.3, -0.25) is 9.59 Å². The van der Waals surface area contributed by atoms with Crippen molar-refractivity contribution < 1.29 is 18.0 Å². The van der Waals surface area contributed by atoms with Crippen LogP contribution in [0.15, 0.2) is 30.5 Å².